The average molecular weight is 697 g/mol. The van der Waals surface area contributed by atoms with Gasteiger partial charge in [0.15, 0.2) is 11.2 Å². The first kappa shape index (κ1) is 27.5. The molecule has 0 spiro atoms. The molecule has 208 valence electrons. The minimum Gasteiger partial charge on any atom is -0.407 e. The molecule has 1 aromatic heterocycles. The van der Waals surface area contributed by atoms with Crippen LogP contribution in [0, 0.1) is 0 Å². The molecule has 0 unspecified atom stereocenters. The summed E-state index contributed by atoms with van der Waals surface area (Å²) in [5, 5.41) is 6.60. The normalized spacial score (nSPS) is 13.3. The topological polar surface area (TPSA) is 29.5 Å². The van der Waals surface area contributed by atoms with Gasteiger partial charge in [0.2, 0.25) is 0 Å². The van der Waals surface area contributed by atoms with E-state index in [-0.39, 0.29) is 12.1 Å². The lowest BCUT2D eigenvalue weighted by molar-refractivity contribution is 0.557. The van der Waals surface area contributed by atoms with Crippen molar-refractivity contribution in [1.82, 2.24) is 0 Å². The van der Waals surface area contributed by atoms with Crippen molar-refractivity contribution < 1.29 is 8.39 Å². The number of nitrogens with zero attached hydrogens (tertiary/aromatic N) is 1. The number of hydrogen-bond donors (Lipinski definition) is 0. The molecule has 42 heavy (non-hydrogen) atoms. The quantitative estimate of drug-likeness (QED) is 0.179. The monoisotopic (exact) mass is 695 g/mol. The minimum absolute atomic E-state index is 0.0102. The molecule has 0 aliphatic heterocycles. The van der Waals surface area contributed by atoms with Gasteiger partial charge < -0.3 is 8.39 Å². The van der Waals surface area contributed by atoms with Crippen molar-refractivity contribution in [3.05, 3.63) is 141 Å². The first-order valence-corrected chi connectivity index (χ1v) is 16.7. The molecule has 0 aliphatic carbocycles. The summed E-state index contributed by atoms with van der Waals surface area (Å²) in [5.74, 6) is 0. The van der Waals surface area contributed by atoms with Crippen LogP contribution in [-0.4, -0.2) is 0 Å². The summed E-state index contributed by atoms with van der Waals surface area (Å²) >= 11 is 7.82. The summed E-state index contributed by atoms with van der Waals surface area (Å²) in [4.78, 5) is 0. The van der Waals surface area contributed by atoms with Gasteiger partial charge in [-0.15, -0.1) is 0 Å². The molecular weight excluding hydrogens is 669 g/mol. The third-order valence-electron chi connectivity index (χ3n) is 8.05. The predicted octanol–water partition coefficient (Wildman–Crippen LogP) is 12.6. The largest absolute Gasteiger partial charge is 0.407 e. The van der Waals surface area contributed by atoms with Gasteiger partial charge >= 0.3 is 8.16 Å². The molecule has 0 aliphatic rings. The number of benzene rings is 6. The Morgan fingerprint density at radius 3 is 1.36 bits per heavy atom. The molecule has 6 heteroatoms. The van der Waals surface area contributed by atoms with E-state index < -0.39 is 8.16 Å². The lowest BCUT2D eigenvalue weighted by atomic mass is 9.99. The van der Waals surface area contributed by atoms with Gasteiger partial charge in [-0.2, -0.15) is 4.67 Å². The van der Waals surface area contributed by atoms with Crippen LogP contribution in [0.4, 0.5) is 0 Å². The Hall–Kier alpha value is -3.34. The van der Waals surface area contributed by atoms with Crippen molar-refractivity contribution in [1.29, 1.82) is 0 Å². The van der Waals surface area contributed by atoms with Gasteiger partial charge in [0.05, 0.1) is 8.95 Å². The van der Waals surface area contributed by atoms with Crippen LogP contribution in [0.15, 0.2) is 139 Å². The Bertz CT molecular complexity index is 1960. The summed E-state index contributed by atoms with van der Waals surface area (Å²) in [7, 11) is -1.63. The van der Waals surface area contributed by atoms with Crippen LogP contribution in [0.5, 0.6) is 0 Å². The van der Waals surface area contributed by atoms with E-state index in [4.69, 9.17) is 8.39 Å². The molecule has 0 N–H and O–H groups in total. The van der Waals surface area contributed by atoms with E-state index in [9.17, 15) is 0 Å². The number of rotatable bonds is 5. The summed E-state index contributed by atoms with van der Waals surface area (Å²) in [6, 6.07) is 42.5. The van der Waals surface area contributed by atoms with E-state index in [1.54, 1.807) is 0 Å². The van der Waals surface area contributed by atoms with Gasteiger partial charge in [-0.1, -0.05) is 109 Å². The lowest BCUT2D eigenvalue weighted by Crippen LogP contribution is -2.27. The third kappa shape index (κ3) is 4.79. The van der Waals surface area contributed by atoms with Crippen molar-refractivity contribution in [2.45, 2.75) is 25.9 Å². The number of hydrogen-bond acceptors (Lipinski definition) is 3. The molecule has 0 saturated heterocycles. The smallest absolute Gasteiger partial charge is 0.310 e. The SMILES string of the molecule is C[C@@H](c1ccccc1)N([C@@H](C)c1ccccc1)p1oc2c(Br)cc3ccccc3c2c2c(o1)c(Br)cc1ccccc12. The fourth-order valence-corrected chi connectivity index (χ4v) is 8.97. The maximum Gasteiger partial charge on any atom is 0.310 e. The predicted molar refractivity (Wildman–Crippen MR) is 185 cm³/mol. The fraction of sp³-hybridized carbons (Fsp3) is 0.111. The minimum atomic E-state index is -1.63. The highest BCUT2D eigenvalue weighted by atomic mass is 79.9. The average Bonchev–Trinajstić information content (AvgIpc) is 3.21. The highest BCUT2D eigenvalue weighted by Crippen LogP contribution is 2.50. The lowest BCUT2D eigenvalue weighted by Gasteiger charge is -2.31. The zero-order valence-corrected chi connectivity index (χ0v) is 27.2. The van der Waals surface area contributed by atoms with Gasteiger partial charge in [-0.3, -0.25) is 0 Å². The first-order valence-electron chi connectivity index (χ1n) is 14.0. The van der Waals surface area contributed by atoms with Crippen LogP contribution in [0.3, 0.4) is 0 Å². The van der Waals surface area contributed by atoms with E-state index in [0.29, 0.717) is 0 Å². The van der Waals surface area contributed by atoms with Crippen LogP contribution in [0.25, 0.3) is 43.5 Å². The second kappa shape index (κ2) is 11.4. The van der Waals surface area contributed by atoms with Crippen LogP contribution in [-0.2, 0) is 0 Å². The molecule has 0 radical (unpaired) electrons. The van der Waals surface area contributed by atoms with Gasteiger partial charge in [0, 0.05) is 22.9 Å². The van der Waals surface area contributed by atoms with Crippen molar-refractivity contribution >= 4 is 83.5 Å². The van der Waals surface area contributed by atoms with Crippen LogP contribution in [0.2, 0.25) is 0 Å². The Morgan fingerprint density at radius 2 is 0.929 bits per heavy atom. The zero-order valence-electron chi connectivity index (χ0n) is 23.2. The molecular formula is C36H28Br2NO2P. The number of fused-ring (bicyclic) bond motifs is 7. The van der Waals surface area contributed by atoms with Gasteiger partial charge in [0.1, 0.15) is 0 Å². The van der Waals surface area contributed by atoms with Crippen molar-refractivity contribution in [2.24, 2.45) is 0 Å². The zero-order chi connectivity index (χ0) is 28.8. The number of halogens is 2. The summed E-state index contributed by atoms with van der Waals surface area (Å²) < 4.78 is 18.5. The standard InChI is InChI=1S/C36H28Br2NO2P/c1-23(25-13-5-3-6-14-25)39(24(2)26-15-7-4-8-16-26)42-40-35-31(37)21-27-17-9-11-19-29(27)33(35)34-30-20-12-10-18-28(30)22-32(38)36(34)41-42/h3-24H,1-2H3/t23-,24-/m0/s1. The third-order valence-corrected chi connectivity index (χ3v) is 11.0. The Balaban J connectivity index is 1.65. The Kier molecular flexibility index (Phi) is 7.46. The van der Waals surface area contributed by atoms with E-state index in [1.807, 2.05) is 0 Å². The Labute approximate surface area is 262 Å². The maximum absolute atomic E-state index is 7.13. The maximum atomic E-state index is 7.13. The van der Waals surface area contributed by atoms with E-state index in [1.165, 1.54) is 11.1 Å². The highest BCUT2D eigenvalue weighted by Gasteiger charge is 2.30. The molecule has 7 aromatic rings. The first-order chi connectivity index (χ1) is 20.5. The van der Waals surface area contributed by atoms with E-state index in [2.05, 4.69) is 172 Å². The van der Waals surface area contributed by atoms with Gasteiger partial charge in [0.25, 0.3) is 0 Å². The summed E-state index contributed by atoms with van der Waals surface area (Å²) in [5.41, 5.74) is 4.00. The Morgan fingerprint density at radius 1 is 0.548 bits per heavy atom. The molecule has 7 rings (SSSR count). The van der Waals surface area contributed by atoms with E-state index in [0.717, 1.165) is 52.4 Å². The van der Waals surface area contributed by atoms with E-state index >= 15 is 0 Å². The molecule has 0 bridgehead atoms. The molecule has 0 fully saturated rings. The van der Waals surface area contributed by atoms with Crippen LogP contribution in [0.1, 0.15) is 37.1 Å². The molecule has 0 amide bonds. The van der Waals surface area contributed by atoms with Gasteiger partial charge in [-0.05, 0) is 90.5 Å². The van der Waals surface area contributed by atoms with Crippen molar-refractivity contribution in [2.75, 3.05) is 4.67 Å². The van der Waals surface area contributed by atoms with Crippen molar-refractivity contribution in [3.8, 4) is 0 Å². The van der Waals surface area contributed by atoms with Gasteiger partial charge in [-0.25, -0.2) is 0 Å². The van der Waals surface area contributed by atoms with Crippen molar-refractivity contribution in [3.63, 3.8) is 0 Å². The summed E-state index contributed by atoms with van der Waals surface area (Å²) in [6.07, 6.45) is 0. The van der Waals surface area contributed by atoms with Crippen LogP contribution >= 0.6 is 40.0 Å². The molecule has 1 heterocycles. The second-order valence-corrected chi connectivity index (χ2v) is 13.6. The second-order valence-electron chi connectivity index (χ2n) is 10.5. The molecule has 2 atom stereocenters. The van der Waals surface area contributed by atoms with Crippen LogP contribution < -0.4 is 4.67 Å². The highest BCUT2D eigenvalue weighted by molar-refractivity contribution is 9.11. The molecule has 0 saturated carbocycles. The fourth-order valence-electron chi connectivity index (χ4n) is 5.92. The molecule has 3 nitrogen and oxygen atoms in total. The molecule has 6 aromatic carbocycles. The summed E-state index contributed by atoms with van der Waals surface area (Å²) in [6.45, 7) is 4.48.